The van der Waals surface area contributed by atoms with Crippen molar-refractivity contribution in [3.05, 3.63) is 34.9 Å². The van der Waals surface area contributed by atoms with E-state index in [0.717, 1.165) is 15.6 Å². The molecule has 0 nitrogen and oxygen atoms in total. The van der Waals surface area contributed by atoms with E-state index in [1.165, 1.54) is 5.56 Å². The normalized spacial score (nSPS) is 19.4. The van der Waals surface area contributed by atoms with Crippen molar-refractivity contribution in [3.8, 4) is 0 Å². The van der Waals surface area contributed by atoms with Gasteiger partial charge >= 0.3 is 0 Å². The van der Waals surface area contributed by atoms with E-state index in [9.17, 15) is 8.78 Å². The molecule has 0 aliphatic heterocycles. The van der Waals surface area contributed by atoms with Crippen LogP contribution in [0.25, 0.3) is 0 Å². The molecule has 1 aromatic rings. The predicted molar refractivity (Wildman–Crippen MR) is 65.8 cm³/mol. The molecule has 1 aliphatic carbocycles. The molecule has 0 atom stereocenters. The van der Waals surface area contributed by atoms with Crippen LogP contribution in [-0.2, 0) is 17.3 Å². The second-order valence-corrected chi connectivity index (χ2v) is 4.86. The third-order valence-corrected chi connectivity index (χ3v) is 3.83. The molecule has 82 valence electrons. The maximum absolute atomic E-state index is 13.2. The number of fused-ring (bicyclic) bond motifs is 1. The van der Waals surface area contributed by atoms with Gasteiger partial charge in [-0.1, -0.05) is 40.8 Å². The molecular weight excluding hydrogens is 309 g/mol. The Bertz CT molecular complexity index is 361. The predicted octanol–water partition coefficient (Wildman–Crippen LogP) is 4.14. The van der Waals surface area contributed by atoms with Gasteiger partial charge in [-0.25, -0.2) is 8.78 Å². The van der Waals surface area contributed by atoms with Gasteiger partial charge in [0, 0.05) is 17.3 Å². The van der Waals surface area contributed by atoms with Gasteiger partial charge in [-0.3, -0.25) is 0 Å². The second kappa shape index (κ2) is 4.36. The van der Waals surface area contributed by atoms with Gasteiger partial charge in [-0.15, -0.1) is 0 Å². The average Bonchev–Trinajstić information content (AvgIpc) is 2.38. The molecule has 0 aromatic heterocycles. The Morgan fingerprint density at radius 2 is 1.80 bits per heavy atom. The average molecular weight is 322 g/mol. The van der Waals surface area contributed by atoms with Crippen molar-refractivity contribution in [3.63, 3.8) is 0 Å². The molecule has 0 spiro atoms. The first-order valence-electron chi connectivity index (χ1n) is 5.15. The molecule has 0 saturated carbocycles. The molecule has 0 bridgehead atoms. The van der Waals surface area contributed by atoms with Crippen LogP contribution < -0.4 is 0 Å². The Kier molecular flexibility index (Phi) is 3.28. The molecule has 0 fully saturated rings. The summed E-state index contributed by atoms with van der Waals surface area (Å²) < 4.78 is 27.4. The van der Waals surface area contributed by atoms with E-state index in [-0.39, 0.29) is 12.8 Å². The highest BCUT2D eigenvalue weighted by Gasteiger charge is 2.31. The van der Waals surface area contributed by atoms with Crippen molar-refractivity contribution < 1.29 is 8.78 Å². The van der Waals surface area contributed by atoms with Gasteiger partial charge < -0.3 is 0 Å². The smallest absolute Gasteiger partial charge is 0.207 e. The highest BCUT2D eigenvalue weighted by Crippen LogP contribution is 2.32. The first kappa shape index (κ1) is 11.3. The van der Waals surface area contributed by atoms with Crippen LogP contribution >= 0.6 is 22.6 Å². The molecule has 0 N–H and O–H groups in total. The maximum Gasteiger partial charge on any atom is 0.248 e. The Balaban J connectivity index is 2.27. The summed E-state index contributed by atoms with van der Waals surface area (Å²) in [6, 6.07) is 6.16. The number of alkyl halides is 3. The van der Waals surface area contributed by atoms with Crippen molar-refractivity contribution >= 4 is 22.6 Å². The van der Waals surface area contributed by atoms with Crippen LogP contribution in [0.15, 0.2) is 18.2 Å². The number of benzene rings is 1. The van der Waals surface area contributed by atoms with Crippen LogP contribution in [0.1, 0.15) is 29.5 Å². The molecule has 2 rings (SSSR count). The van der Waals surface area contributed by atoms with Crippen molar-refractivity contribution in [2.45, 2.75) is 36.0 Å². The molecule has 0 heterocycles. The molecule has 3 heteroatoms. The van der Waals surface area contributed by atoms with Gasteiger partial charge in [-0.05, 0) is 29.5 Å². The highest BCUT2D eigenvalue weighted by molar-refractivity contribution is 14.1. The number of halogens is 3. The molecule has 0 saturated heterocycles. The Morgan fingerprint density at radius 1 is 1.13 bits per heavy atom. The van der Waals surface area contributed by atoms with Crippen LogP contribution in [0, 0.1) is 0 Å². The minimum atomic E-state index is -2.47. The molecule has 0 amide bonds. The fourth-order valence-electron chi connectivity index (χ4n) is 2.00. The van der Waals surface area contributed by atoms with E-state index in [2.05, 4.69) is 34.7 Å². The summed E-state index contributed by atoms with van der Waals surface area (Å²) in [6.07, 6.45) is 1.05. The number of rotatable bonds is 1. The summed E-state index contributed by atoms with van der Waals surface area (Å²) in [7, 11) is 0. The summed E-state index contributed by atoms with van der Waals surface area (Å²) in [4.78, 5) is 0. The topological polar surface area (TPSA) is 0 Å². The minimum Gasteiger partial charge on any atom is -0.207 e. The maximum atomic E-state index is 13.2. The van der Waals surface area contributed by atoms with Crippen LogP contribution in [0.2, 0.25) is 0 Å². The monoisotopic (exact) mass is 322 g/mol. The number of hydrogen-bond donors (Lipinski definition) is 0. The van der Waals surface area contributed by atoms with E-state index < -0.39 is 5.92 Å². The quantitative estimate of drug-likeness (QED) is 0.414. The van der Waals surface area contributed by atoms with E-state index in [1.54, 1.807) is 0 Å². The van der Waals surface area contributed by atoms with Gasteiger partial charge in [0.15, 0.2) is 0 Å². The fraction of sp³-hybridized carbons (Fsp3) is 0.500. The lowest BCUT2D eigenvalue weighted by atomic mass is 10.0. The number of hydrogen-bond acceptors (Lipinski definition) is 0. The van der Waals surface area contributed by atoms with E-state index in [4.69, 9.17) is 0 Å². The molecule has 15 heavy (non-hydrogen) atoms. The molecule has 0 radical (unpaired) electrons. The standard InChI is InChI=1S/C12H13F2I/c13-12(14)5-3-10-2-1-9(8-15)7-11(10)4-6-12/h1-2,7H,3-6,8H2. The lowest BCUT2D eigenvalue weighted by Crippen LogP contribution is -2.15. The molecular formula is C12H13F2I. The van der Waals surface area contributed by atoms with E-state index in [0.29, 0.717) is 12.8 Å². The molecule has 1 aromatic carbocycles. The van der Waals surface area contributed by atoms with Crippen molar-refractivity contribution in [1.82, 2.24) is 0 Å². The van der Waals surface area contributed by atoms with E-state index in [1.807, 2.05) is 6.07 Å². The first-order valence-corrected chi connectivity index (χ1v) is 6.68. The Morgan fingerprint density at radius 3 is 2.47 bits per heavy atom. The van der Waals surface area contributed by atoms with Gasteiger partial charge in [0.1, 0.15) is 0 Å². The first-order chi connectivity index (χ1) is 7.11. The summed E-state index contributed by atoms with van der Waals surface area (Å²) >= 11 is 2.30. The van der Waals surface area contributed by atoms with Gasteiger partial charge in [-0.2, -0.15) is 0 Å². The zero-order chi connectivity index (χ0) is 10.9. The van der Waals surface area contributed by atoms with Crippen LogP contribution in [0.3, 0.4) is 0 Å². The zero-order valence-electron chi connectivity index (χ0n) is 8.40. The largest absolute Gasteiger partial charge is 0.248 e. The summed E-state index contributed by atoms with van der Waals surface area (Å²) in [6.45, 7) is 0. The van der Waals surface area contributed by atoms with Crippen molar-refractivity contribution in [2.75, 3.05) is 0 Å². The van der Waals surface area contributed by atoms with Gasteiger partial charge in [0.2, 0.25) is 5.92 Å². The molecule has 0 unspecified atom stereocenters. The summed E-state index contributed by atoms with van der Waals surface area (Å²) in [5, 5.41) is 0. The van der Waals surface area contributed by atoms with Gasteiger partial charge in [0.25, 0.3) is 0 Å². The number of aryl methyl sites for hydroxylation is 2. The fourth-order valence-corrected chi connectivity index (χ4v) is 2.47. The summed E-state index contributed by atoms with van der Waals surface area (Å²) in [5.41, 5.74) is 3.47. The third-order valence-electron chi connectivity index (χ3n) is 2.95. The van der Waals surface area contributed by atoms with Crippen molar-refractivity contribution in [1.29, 1.82) is 0 Å². The summed E-state index contributed by atoms with van der Waals surface area (Å²) in [5.74, 6) is -2.47. The van der Waals surface area contributed by atoms with E-state index >= 15 is 0 Å². The van der Waals surface area contributed by atoms with Crippen LogP contribution in [0.5, 0.6) is 0 Å². The SMILES string of the molecule is FC1(F)CCc2ccc(CI)cc2CC1. The lowest BCUT2D eigenvalue weighted by Gasteiger charge is -2.11. The van der Waals surface area contributed by atoms with Crippen molar-refractivity contribution in [2.24, 2.45) is 0 Å². The zero-order valence-corrected chi connectivity index (χ0v) is 10.6. The molecule has 1 aliphatic rings. The van der Waals surface area contributed by atoms with Gasteiger partial charge in [0.05, 0.1) is 0 Å². The third kappa shape index (κ3) is 2.68. The lowest BCUT2D eigenvalue weighted by molar-refractivity contribution is -0.0130. The Hall–Kier alpha value is -0.190. The minimum absolute atomic E-state index is 0.00355. The highest BCUT2D eigenvalue weighted by atomic mass is 127. The second-order valence-electron chi connectivity index (χ2n) is 4.09. The van der Waals surface area contributed by atoms with Crippen LogP contribution in [0.4, 0.5) is 8.78 Å². The van der Waals surface area contributed by atoms with Crippen LogP contribution in [-0.4, -0.2) is 5.92 Å². The Labute approximate surface area is 102 Å².